The molecule has 0 amide bonds. The number of aromatic nitrogens is 2. The molecule has 0 fully saturated rings. The van der Waals surface area contributed by atoms with Gasteiger partial charge in [-0.2, -0.15) is 0 Å². The third kappa shape index (κ3) is 3.00. The maximum atomic E-state index is 5.44. The summed E-state index contributed by atoms with van der Waals surface area (Å²) in [6, 6.07) is 7.84. The zero-order chi connectivity index (χ0) is 10.7. The van der Waals surface area contributed by atoms with Gasteiger partial charge in [-0.05, 0) is 34.1 Å². The van der Waals surface area contributed by atoms with E-state index in [1.807, 2.05) is 24.3 Å². The van der Waals surface area contributed by atoms with Crippen LogP contribution in [0.15, 0.2) is 45.6 Å². The van der Waals surface area contributed by atoms with Gasteiger partial charge in [0.25, 0.3) is 0 Å². The first-order valence-corrected chi connectivity index (χ1v) is 5.73. The van der Waals surface area contributed by atoms with E-state index in [1.165, 1.54) is 0 Å². The zero-order valence-corrected chi connectivity index (χ0v) is 10.7. The maximum Gasteiger partial charge on any atom is 0.321 e. The minimum Gasteiger partial charge on any atom is -0.424 e. The number of benzene rings is 1. The van der Waals surface area contributed by atoms with E-state index in [1.54, 1.807) is 12.4 Å². The van der Waals surface area contributed by atoms with Crippen LogP contribution in [-0.2, 0) is 0 Å². The molecule has 3 nitrogen and oxygen atoms in total. The Bertz CT molecular complexity index is 459. The second kappa shape index (κ2) is 4.72. The molecule has 0 atom stereocenters. The third-order valence-electron chi connectivity index (χ3n) is 1.60. The van der Waals surface area contributed by atoms with Crippen LogP contribution in [0, 0.1) is 0 Å². The van der Waals surface area contributed by atoms with E-state index in [-0.39, 0.29) is 0 Å². The van der Waals surface area contributed by atoms with E-state index >= 15 is 0 Å². The Balaban J connectivity index is 2.18. The predicted molar refractivity (Wildman–Crippen MR) is 63.9 cm³/mol. The Labute approximate surface area is 104 Å². The van der Waals surface area contributed by atoms with Crippen molar-refractivity contribution in [2.24, 2.45) is 0 Å². The smallest absolute Gasteiger partial charge is 0.321 e. The van der Waals surface area contributed by atoms with Crippen LogP contribution in [0.3, 0.4) is 0 Å². The molecule has 2 aromatic rings. The van der Waals surface area contributed by atoms with Gasteiger partial charge < -0.3 is 4.74 Å². The molecule has 0 bridgehead atoms. The topological polar surface area (TPSA) is 35.0 Å². The summed E-state index contributed by atoms with van der Waals surface area (Å²) in [6.07, 6.45) is 3.28. The van der Waals surface area contributed by atoms with Crippen molar-refractivity contribution in [3.8, 4) is 11.8 Å². The van der Waals surface area contributed by atoms with E-state index in [9.17, 15) is 0 Å². The van der Waals surface area contributed by atoms with Crippen LogP contribution in [0.1, 0.15) is 0 Å². The molecule has 0 saturated carbocycles. The molecular formula is C10H6Br2N2O. The van der Waals surface area contributed by atoms with E-state index in [2.05, 4.69) is 41.8 Å². The Hall–Kier alpha value is -0.940. The average Bonchev–Trinajstić information content (AvgIpc) is 2.22. The number of rotatable bonds is 2. The molecule has 0 radical (unpaired) electrons. The fourth-order valence-corrected chi connectivity index (χ4v) is 1.57. The summed E-state index contributed by atoms with van der Waals surface area (Å²) < 4.78 is 7.22. The zero-order valence-electron chi connectivity index (χ0n) is 7.52. The molecule has 0 unspecified atom stereocenters. The molecule has 1 aromatic heterocycles. The van der Waals surface area contributed by atoms with Crippen LogP contribution >= 0.6 is 31.9 Å². The van der Waals surface area contributed by atoms with Crippen molar-refractivity contribution in [3.63, 3.8) is 0 Å². The Morgan fingerprint density at radius 2 is 1.73 bits per heavy atom. The Morgan fingerprint density at radius 3 is 2.40 bits per heavy atom. The van der Waals surface area contributed by atoms with Gasteiger partial charge in [0.15, 0.2) is 0 Å². The summed E-state index contributed by atoms with van der Waals surface area (Å²) in [5.74, 6) is 0.701. The third-order valence-corrected chi connectivity index (χ3v) is 2.50. The van der Waals surface area contributed by atoms with Crippen molar-refractivity contribution < 1.29 is 4.74 Å². The molecular weight excluding hydrogens is 324 g/mol. The highest BCUT2D eigenvalue weighted by Crippen LogP contribution is 2.21. The number of ether oxygens (including phenoxy) is 1. The van der Waals surface area contributed by atoms with Gasteiger partial charge in [-0.1, -0.05) is 22.0 Å². The van der Waals surface area contributed by atoms with Crippen molar-refractivity contribution in [1.82, 2.24) is 9.97 Å². The van der Waals surface area contributed by atoms with Crippen molar-refractivity contribution in [3.05, 3.63) is 45.6 Å². The molecule has 0 aliphatic rings. The fraction of sp³-hybridized carbons (Fsp3) is 0. The summed E-state index contributed by atoms with van der Waals surface area (Å²) in [4.78, 5) is 8.02. The highest BCUT2D eigenvalue weighted by molar-refractivity contribution is 9.10. The minimum absolute atomic E-state index is 0.330. The van der Waals surface area contributed by atoms with Gasteiger partial charge in [-0.15, -0.1) is 0 Å². The lowest BCUT2D eigenvalue weighted by Crippen LogP contribution is -1.90. The molecule has 1 aromatic carbocycles. The summed E-state index contributed by atoms with van der Waals surface area (Å²) >= 11 is 6.61. The van der Waals surface area contributed by atoms with Crippen LogP contribution in [0.2, 0.25) is 0 Å². The normalized spacial score (nSPS) is 10.0. The first kappa shape index (κ1) is 10.6. The molecule has 2 rings (SSSR count). The van der Waals surface area contributed by atoms with Gasteiger partial charge >= 0.3 is 6.01 Å². The largest absolute Gasteiger partial charge is 0.424 e. The second-order valence-corrected chi connectivity index (χ2v) is 4.57. The fourth-order valence-electron chi connectivity index (χ4n) is 0.989. The first-order chi connectivity index (χ1) is 7.24. The standard InChI is InChI=1S/C10H6Br2N2O/c11-7-2-1-3-9(4-7)15-10-13-5-8(12)6-14-10/h1-6H. The Morgan fingerprint density at radius 1 is 1.00 bits per heavy atom. The molecule has 76 valence electrons. The van der Waals surface area contributed by atoms with Gasteiger partial charge in [0.2, 0.25) is 0 Å². The van der Waals surface area contributed by atoms with Gasteiger partial charge in [0.1, 0.15) is 5.75 Å². The molecule has 0 aliphatic heterocycles. The molecule has 0 N–H and O–H groups in total. The molecule has 0 spiro atoms. The van der Waals surface area contributed by atoms with Crippen molar-refractivity contribution in [2.75, 3.05) is 0 Å². The lowest BCUT2D eigenvalue weighted by atomic mass is 10.3. The molecule has 15 heavy (non-hydrogen) atoms. The summed E-state index contributed by atoms with van der Waals surface area (Å²) in [6.45, 7) is 0. The summed E-state index contributed by atoms with van der Waals surface area (Å²) in [7, 11) is 0. The number of hydrogen-bond donors (Lipinski definition) is 0. The van der Waals surface area contributed by atoms with Gasteiger partial charge in [0, 0.05) is 16.9 Å². The van der Waals surface area contributed by atoms with Crippen molar-refractivity contribution >= 4 is 31.9 Å². The molecule has 0 saturated heterocycles. The van der Waals surface area contributed by atoms with Crippen LogP contribution in [-0.4, -0.2) is 9.97 Å². The van der Waals surface area contributed by atoms with Crippen molar-refractivity contribution in [1.29, 1.82) is 0 Å². The van der Waals surface area contributed by atoms with E-state index in [0.717, 1.165) is 8.95 Å². The maximum absolute atomic E-state index is 5.44. The highest BCUT2D eigenvalue weighted by Gasteiger charge is 2.00. The summed E-state index contributed by atoms with van der Waals surface area (Å²) in [5.41, 5.74) is 0. The van der Waals surface area contributed by atoms with Gasteiger partial charge in [-0.3, -0.25) is 0 Å². The van der Waals surface area contributed by atoms with Gasteiger partial charge in [0.05, 0.1) is 4.47 Å². The van der Waals surface area contributed by atoms with E-state index < -0.39 is 0 Å². The predicted octanol–water partition coefficient (Wildman–Crippen LogP) is 3.79. The van der Waals surface area contributed by atoms with E-state index in [4.69, 9.17) is 4.74 Å². The first-order valence-electron chi connectivity index (χ1n) is 4.15. The second-order valence-electron chi connectivity index (χ2n) is 2.74. The SMILES string of the molecule is Brc1cnc(Oc2cccc(Br)c2)nc1. The van der Waals surface area contributed by atoms with Crippen LogP contribution in [0.4, 0.5) is 0 Å². The average molecular weight is 330 g/mol. The molecule has 5 heteroatoms. The summed E-state index contributed by atoms with van der Waals surface area (Å²) in [5, 5.41) is 0. The number of nitrogens with zero attached hydrogens (tertiary/aromatic N) is 2. The van der Waals surface area contributed by atoms with Gasteiger partial charge in [-0.25, -0.2) is 9.97 Å². The molecule has 1 heterocycles. The van der Waals surface area contributed by atoms with E-state index in [0.29, 0.717) is 11.8 Å². The quantitative estimate of drug-likeness (QED) is 0.840. The lowest BCUT2D eigenvalue weighted by molar-refractivity contribution is 0.441. The van der Waals surface area contributed by atoms with Crippen LogP contribution < -0.4 is 4.74 Å². The number of hydrogen-bond acceptors (Lipinski definition) is 3. The monoisotopic (exact) mass is 328 g/mol. The lowest BCUT2D eigenvalue weighted by Gasteiger charge is -2.03. The minimum atomic E-state index is 0.330. The van der Waals surface area contributed by atoms with Crippen LogP contribution in [0.25, 0.3) is 0 Å². The highest BCUT2D eigenvalue weighted by atomic mass is 79.9. The molecule has 0 aliphatic carbocycles. The Kier molecular flexibility index (Phi) is 3.33. The number of halogens is 2. The van der Waals surface area contributed by atoms with Crippen LogP contribution in [0.5, 0.6) is 11.8 Å². The van der Waals surface area contributed by atoms with Crippen molar-refractivity contribution in [2.45, 2.75) is 0 Å².